The van der Waals surface area contributed by atoms with Crippen LogP contribution in [0.5, 0.6) is 5.75 Å². The molecule has 4 rings (SSSR count). The molecule has 1 heterocycles. The van der Waals surface area contributed by atoms with Crippen molar-refractivity contribution in [2.45, 2.75) is 11.4 Å². The average Bonchev–Trinajstić information content (AvgIpc) is 3.08. The van der Waals surface area contributed by atoms with Gasteiger partial charge in [0.25, 0.3) is 5.91 Å². The maximum atomic E-state index is 13.1. The van der Waals surface area contributed by atoms with Gasteiger partial charge in [-0.2, -0.15) is 4.99 Å². The van der Waals surface area contributed by atoms with Crippen molar-refractivity contribution < 1.29 is 17.9 Å². The highest BCUT2D eigenvalue weighted by Crippen LogP contribution is 2.27. The van der Waals surface area contributed by atoms with E-state index in [1.807, 2.05) is 34.9 Å². The van der Waals surface area contributed by atoms with Gasteiger partial charge in [0.2, 0.25) is 0 Å². The number of hydrogen-bond donors (Lipinski definition) is 0. The molecular formula is C23H20N2O4S2. The number of ether oxygens (including phenoxy) is 1. The number of aromatic nitrogens is 1. The summed E-state index contributed by atoms with van der Waals surface area (Å²) in [4.78, 5) is 18.2. The second kappa shape index (κ2) is 8.13. The van der Waals surface area contributed by atoms with Gasteiger partial charge in [-0.1, -0.05) is 41.7 Å². The SMILES string of the molecule is C=CCn1c(=NC(=O)c2cc3ccccc3cc2OC)sc2cc(S(C)(=O)=O)ccc21. The van der Waals surface area contributed by atoms with E-state index in [0.29, 0.717) is 22.7 Å². The lowest BCUT2D eigenvalue weighted by molar-refractivity contribution is 0.0995. The monoisotopic (exact) mass is 452 g/mol. The first-order chi connectivity index (χ1) is 14.8. The Morgan fingerprint density at radius 2 is 1.87 bits per heavy atom. The highest BCUT2D eigenvalue weighted by molar-refractivity contribution is 7.90. The summed E-state index contributed by atoms with van der Waals surface area (Å²) in [5.74, 6) is 0.0125. The van der Waals surface area contributed by atoms with Crippen LogP contribution in [0.4, 0.5) is 0 Å². The Balaban J connectivity index is 1.90. The summed E-state index contributed by atoms with van der Waals surface area (Å²) in [5, 5.41) is 1.88. The number of amides is 1. The minimum absolute atomic E-state index is 0.223. The van der Waals surface area contributed by atoms with Crippen LogP contribution in [-0.2, 0) is 16.4 Å². The quantitative estimate of drug-likeness (QED) is 0.425. The lowest BCUT2D eigenvalue weighted by Crippen LogP contribution is -2.16. The molecule has 0 atom stereocenters. The van der Waals surface area contributed by atoms with Crippen LogP contribution in [0.15, 0.2) is 77.1 Å². The number of carbonyl (C=O) groups is 1. The van der Waals surface area contributed by atoms with Gasteiger partial charge in [0, 0.05) is 12.8 Å². The van der Waals surface area contributed by atoms with E-state index in [0.717, 1.165) is 21.0 Å². The van der Waals surface area contributed by atoms with Crippen molar-refractivity contribution in [3.05, 3.63) is 77.6 Å². The van der Waals surface area contributed by atoms with E-state index in [9.17, 15) is 13.2 Å². The van der Waals surface area contributed by atoms with Crippen LogP contribution < -0.4 is 9.54 Å². The second-order valence-electron chi connectivity index (χ2n) is 7.00. The molecule has 0 aliphatic carbocycles. The van der Waals surface area contributed by atoms with Crippen LogP contribution in [0.25, 0.3) is 21.0 Å². The van der Waals surface area contributed by atoms with Crippen LogP contribution in [0, 0.1) is 0 Å². The number of sulfone groups is 1. The zero-order valence-electron chi connectivity index (χ0n) is 17.0. The molecule has 0 fully saturated rings. The number of allylic oxidation sites excluding steroid dienone is 1. The minimum Gasteiger partial charge on any atom is -0.496 e. The molecule has 0 bridgehead atoms. The van der Waals surface area contributed by atoms with Crippen molar-refractivity contribution >= 4 is 48.1 Å². The molecule has 1 aromatic heterocycles. The first kappa shape index (κ1) is 21.0. The molecule has 0 unspecified atom stereocenters. The van der Waals surface area contributed by atoms with Crippen LogP contribution in [0.2, 0.25) is 0 Å². The maximum absolute atomic E-state index is 13.1. The lowest BCUT2D eigenvalue weighted by atomic mass is 10.1. The molecule has 0 saturated carbocycles. The number of carbonyl (C=O) groups excluding carboxylic acids is 1. The van der Waals surface area contributed by atoms with E-state index in [1.165, 1.54) is 24.7 Å². The highest BCUT2D eigenvalue weighted by Gasteiger charge is 2.16. The fraction of sp³-hybridized carbons (Fsp3) is 0.130. The Bertz CT molecular complexity index is 1510. The summed E-state index contributed by atoms with van der Waals surface area (Å²) >= 11 is 1.26. The fourth-order valence-electron chi connectivity index (χ4n) is 3.38. The third kappa shape index (κ3) is 4.04. The molecule has 1 amide bonds. The number of hydrogen-bond acceptors (Lipinski definition) is 5. The molecule has 0 spiro atoms. The van der Waals surface area contributed by atoms with Gasteiger partial charge in [-0.3, -0.25) is 4.79 Å². The van der Waals surface area contributed by atoms with Crippen molar-refractivity contribution in [2.75, 3.05) is 13.4 Å². The number of methoxy groups -OCH3 is 1. The Morgan fingerprint density at radius 3 is 2.52 bits per heavy atom. The van der Waals surface area contributed by atoms with Gasteiger partial charge in [-0.25, -0.2) is 8.42 Å². The van der Waals surface area contributed by atoms with Crippen molar-refractivity contribution in [3.63, 3.8) is 0 Å². The van der Waals surface area contributed by atoms with E-state index in [1.54, 1.807) is 30.3 Å². The minimum atomic E-state index is -3.34. The summed E-state index contributed by atoms with van der Waals surface area (Å²) in [6, 6.07) is 16.2. The van der Waals surface area contributed by atoms with Gasteiger partial charge < -0.3 is 9.30 Å². The maximum Gasteiger partial charge on any atom is 0.283 e. The number of fused-ring (bicyclic) bond motifs is 2. The lowest BCUT2D eigenvalue weighted by Gasteiger charge is -2.08. The van der Waals surface area contributed by atoms with Crippen LogP contribution in [0.1, 0.15) is 10.4 Å². The summed E-state index contributed by atoms with van der Waals surface area (Å²) < 4.78 is 31.8. The molecule has 6 nitrogen and oxygen atoms in total. The number of nitrogens with zero attached hydrogens (tertiary/aromatic N) is 2. The zero-order chi connectivity index (χ0) is 22.2. The first-order valence-electron chi connectivity index (χ1n) is 9.42. The molecule has 0 radical (unpaired) electrons. The van der Waals surface area contributed by atoms with E-state index in [-0.39, 0.29) is 4.90 Å². The Morgan fingerprint density at radius 1 is 1.16 bits per heavy atom. The summed E-state index contributed by atoms with van der Waals surface area (Å²) in [6.07, 6.45) is 2.87. The highest BCUT2D eigenvalue weighted by atomic mass is 32.2. The van der Waals surface area contributed by atoms with Crippen molar-refractivity contribution in [3.8, 4) is 5.75 Å². The number of thiazole rings is 1. The topological polar surface area (TPSA) is 77.7 Å². The number of benzene rings is 3. The molecular weight excluding hydrogens is 432 g/mol. The molecule has 4 aromatic rings. The molecule has 0 aliphatic rings. The molecule has 3 aromatic carbocycles. The van der Waals surface area contributed by atoms with Crippen LogP contribution >= 0.6 is 11.3 Å². The molecule has 0 N–H and O–H groups in total. The second-order valence-corrected chi connectivity index (χ2v) is 10.0. The van der Waals surface area contributed by atoms with Crippen LogP contribution in [0.3, 0.4) is 0 Å². The summed E-state index contributed by atoms with van der Waals surface area (Å²) in [5.41, 5.74) is 1.15. The summed E-state index contributed by atoms with van der Waals surface area (Å²) in [6.45, 7) is 4.21. The molecule has 0 saturated heterocycles. The van der Waals surface area contributed by atoms with E-state index in [4.69, 9.17) is 4.74 Å². The largest absolute Gasteiger partial charge is 0.496 e. The van der Waals surface area contributed by atoms with Gasteiger partial charge >= 0.3 is 0 Å². The summed E-state index contributed by atoms with van der Waals surface area (Å²) in [7, 11) is -1.82. The first-order valence-corrected chi connectivity index (χ1v) is 12.1. The zero-order valence-corrected chi connectivity index (χ0v) is 18.7. The Kier molecular flexibility index (Phi) is 5.51. The molecule has 0 aliphatic heterocycles. The average molecular weight is 453 g/mol. The molecule has 158 valence electrons. The Hall–Kier alpha value is -3.23. The van der Waals surface area contributed by atoms with Gasteiger partial charge in [-0.05, 0) is 41.1 Å². The van der Waals surface area contributed by atoms with Crippen molar-refractivity contribution in [2.24, 2.45) is 4.99 Å². The van der Waals surface area contributed by atoms with E-state index < -0.39 is 15.7 Å². The van der Waals surface area contributed by atoms with Gasteiger partial charge in [0.1, 0.15) is 5.75 Å². The molecule has 8 heteroatoms. The standard InChI is InChI=1S/C23H20N2O4S2/c1-4-11-25-19-10-9-17(31(3,27)28)14-21(19)30-23(25)24-22(26)18-12-15-7-5-6-8-16(15)13-20(18)29-2/h4-10,12-14H,1,11H2,2-3H3. The van der Waals surface area contributed by atoms with Crippen molar-refractivity contribution in [1.82, 2.24) is 4.57 Å². The predicted octanol–water partition coefficient (Wildman–Crippen LogP) is 4.20. The van der Waals surface area contributed by atoms with Gasteiger partial charge in [0.05, 0.1) is 27.8 Å². The van der Waals surface area contributed by atoms with E-state index in [2.05, 4.69) is 11.6 Å². The van der Waals surface area contributed by atoms with Crippen molar-refractivity contribution in [1.29, 1.82) is 0 Å². The van der Waals surface area contributed by atoms with Gasteiger partial charge in [0.15, 0.2) is 14.6 Å². The van der Waals surface area contributed by atoms with Gasteiger partial charge in [-0.15, -0.1) is 6.58 Å². The fourth-order valence-corrected chi connectivity index (χ4v) is 5.18. The predicted molar refractivity (Wildman–Crippen MR) is 124 cm³/mol. The third-order valence-corrected chi connectivity index (χ3v) is 7.04. The van der Waals surface area contributed by atoms with Crippen LogP contribution in [-0.4, -0.2) is 32.3 Å². The normalized spacial score (nSPS) is 12.4. The third-order valence-electron chi connectivity index (χ3n) is 4.89. The number of rotatable bonds is 5. The van der Waals surface area contributed by atoms with E-state index >= 15 is 0 Å². The molecule has 31 heavy (non-hydrogen) atoms. The smallest absolute Gasteiger partial charge is 0.283 e. The Labute approximate surface area is 183 Å².